The van der Waals surface area contributed by atoms with Crippen molar-refractivity contribution in [1.82, 2.24) is 5.32 Å². The second-order valence-corrected chi connectivity index (χ2v) is 22.1. The fraction of sp³-hybridized carbons (Fsp3) is 0.714. The second kappa shape index (κ2) is 56.8. The minimum atomic E-state index is -1.63. The van der Waals surface area contributed by atoms with Crippen LogP contribution in [0.4, 0.5) is 0 Å². The van der Waals surface area contributed by atoms with Crippen LogP contribution >= 0.6 is 0 Å². The molecule has 1 aliphatic heterocycles. The van der Waals surface area contributed by atoms with E-state index in [9.17, 15) is 35.1 Å². The van der Waals surface area contributed by atoms with Crippen LogP contribution in [0.1, 0.15) is 258 Å². The number of carbonyl (C=O) groups is 2. The molecule has 11 nitrogen and oxygen atoms in total. The van der Waals surface area contributed by atoms with Crippen LogP contribution in [0.25, 0.3) is 0 Å². The van der Waals surface area contributed by atoms with E-state index in [0.717, 1.165) is 122 Å². The summed E-state index contributed by atoms with van der Waals surface area (Å²) < 4.78 is 17.6. The number of esters is 1. The maximum absolute atomic E-state index is 13.5. The van der Waals surface area contributed by atoms with Crippen molar-refractivity contribution in [3.8, 4) is 0 Å². The molecule has 81 heavy (non-hydrogen) atoms. The standard InChI is InChI=1S/C70H119NO10/c1-4-7-10-13-16-19-22-25-27-28-29-30-31-32-33-34-35-36-37-38-39-42-45-48-51-54-57-63(74)69(78)71-61(62(73)56-53-50-47-44-41-24-21-18-15-12-9-6-3)60-79-70-68(67(77)66(76)64(59-72)80-70)81-65(75)58-55-52-49-46-43-40-26-23-20-17-14-11-8-5-2/h7-8,10-11,16-17,19-20,25-27,29-30,32-33,40,53,56,61-64,66-68,70,72-74,76-77H,4-6,9,12-15,18,21-24,28,31,34-39,41-52,54-55,57-60H2,1-3H3,(H,71,78)/b10-7-,11-8+,19-16-,20-17+,27-25-,30-29-,33-32-,40-26+,56-53+. The Morgan fingerprint density at radius 3 is 1.33 bits per heavy atom. The van der Waals surface area contributed by atoms with Crippen LogP contribution in [0.5, 0.6) is 0 Å². The Bertz CT molecular complexity index is 1730. The van der Waals surface area contributed by atoms with Crippen molar-refractivity contribution in [2.45, 2.75) is 307 Å². The molecule has 0 aromatic heterocycles. The van der Waals surface area contributed by atoms with Crippen LogP contribution in [0.15, 0.2) is 109 Å². The van der Waals surface area contributed by atoms with Crippen LogP contribution in [0.3, 0.4) is 0 Å². The molecule has 1 amide bonds. The molecule has 1 rings (SSSR count). The first kappa shape index (κ1) is 75.3. The van der Waals surface area contributed by atoms with E-state index >= 15 is 0 Å². The molecule has 0 aliphatic carbocycles. The molecule has 464 valence electrons. The summed E-state index contributed by atoms with van der Waals surface area (Å²) in [5.74, 6) is -1.23. The van der Waals surface area contributed by atoms with Gasteiger partial charge in [0.2, 0.25) is 5.91 Å². The predicted octanol–water partition coefficient (Wildman–Crippen LogP) is 16.1. The molecular formula is C70H119NO10. The molecule has 11 heteroatoms. The minimum absolute atomic E-state index is 0.0929. The van der Waals surface area contributed by atoms with E-state index in [2.05, 4.69) is 123 Å². The smallest absolute Gasteiger partial charge is 0.306 e. The van der Waals surface area contributed by atoms with Gasteiger partial charge < -0.3 is 45.1 Å². The molecule has 8 unspecified atom stereocenters. The van der Waals surface area contributed by atoms with Crippen LogP contribution in [0, 0.1) is 0 Å². The van der Waals surface area contributed by atoms with Gasteiger partial charge in [-0.2, -0.15) is 0 Å². The number of nitrogens with one attached hydrogen (secondary N) is 1. The third kappa shape index (κ3) is 44.5. The summed E-state index contributed by atoms with van der Waals surface area (Å²) in [7, 11) is 0. The van der Waals surface area contributed by atoms with Gasteiger partial charge in [0.1, 0.15) is 24.4 Å². The number of allylic oxidation sites excluding steroid dienone is 17. The van der Waals surface area contributed by atoms with Crippen molar-refractivity contribution in [3.63, 3.8) is 0 Å². The quantitative estimate of drug-likeness (QED) is 0.0195. The van der Waals surface area contributed by atoms with Gasteiger partial charge in [-0.05, 0) is 103 Å². The number of hydrogen-bond acceptors (Lipinski definition) is 10. The van der Waals surface area contributed by atoms with Gasteiger partial charge in [-0.1, -0.05) is 259 Å². The normalized spacial score (nSPS) is 19.4. The number of carbonyl (C=O) groups excluding carboxylic acids is 2. The lowest BCUT2D eigenvalue weighted by Gasteiger charge is -2.41. The van der Waals surface area contributed by atoms with Crippen LogP contribution in [-0.2, 0) is 23.8 Å². The van der Waals surface area contributed by atoms with Gasteiger partial charge in [0, 0.05) is 6.42 Å². The van der Waals surface area contributed by atoms with E-state index in [-0.39, 0.29) is 19.4 Å². The number of rotatable bonds is 54. The van der Waals surface area contributed by atoms with Gasteiger partial charge in [-0.3, -0.25) is 9.59 Å². The molecule has 0 aromatic rings. The van der Waals surface area contributed by atoms with Crippen molar-refractivity contribution in [3.05, 3.63) is 109 Å². The van der Waals surface area contributed by atoms with Gasteiger partial charge in [-0.15, -0.1) is 0 Å². The number of amides is 1. The zero-order valence-electron chi connectivity index (χ0n) is 51.4. The largest absolute Gasteiger partial charge is 0.454 e. The molecule has 1 fully saturated rings. The SMILES string of the molecule is CC/C=C\C/C=C\C/C=C\C/C=C\C/C=C\CCCCCCCCCCCCC(O)C(=O)NC(COC1OC(CO)C(O)C(O)C1OC(=O)CCCCCC/C=C/C/C=C/C/C=C/CC)C(O)/C=C/CCCCCCCCCCCC. The molecule has 0 radical (unpaired) electrons. The average molecular weight is 1130 g/mol. The Hall–Kier alpha value is -3.68. The van der Waals surface area contributed by atoms with E-state index in [1.807, 2.05) is 6.08 Å². The lowest BCUT2D eigenvalue weighted by Crippen LogP contribution is -2.61. The van der Waals surface area contributed by atoms with Gasteiger partial charge >= 0.3 is 5.97 Å². The molecule has 0 aromatic carbocycles. The molecule has 6 N–H and O–H groups in total. The first-order chi connectivity index (χ1) is 39.7. The van der Waals surface area contributed by atoms with Crippen LogP contribution < -0.4 is 5.32 Å². The molecule has 0 spiro atoms. The van der Waals surface area contributed by atoms with Gasteiger partial charge in [0.15, 0.2) is 12.4 Å². The number of aliphatic hydroxyl groups is 5. The monoisotopic (exact) mass is 1130 g/mol. The highest BCUT2D eigenvalue weighted by Gasteiger charge is 2.47. The van der Waals surface area contributed by atoms with Gasteiger partial charge in [-0.25, -0.2) is 0 Å². The number of hydrogen-bond donors (Lipinski definition) is 6. The Morgan fingerprint density at radius 2 is 0.889 bits per heavy atom. The highest BCUT2D eigenvalue weighted by atomic mass is 16.7. The summed E-state index contributed by atoms with van der Waals surface area (Å²) in [6.45, 7) is 5.54. The second-order valence-electron chi connectivity index (χ2n) is 22.1. The molecule has 0 saturated carbocycles. The minimum Gasteiger partial charge on any atom is -0.454 e. The predicted molar refractivity (Wildman–Crippen MR) is 338 cm³/mol. The Kier molecular flexibility index (Phi) is 52.8. The third-order valence-corrected chi connectivity index (χ3v) is 14.7. The molecule has 0 bridgehead atoms. The summed E-state index contributed by atoms with van der Waals surface area (Å²) in [5, 5.41) is 57.0. The maximum atomic E-state index is 13.5. The zero-order valence-corrected chi connectivity index (χ0v) is 51.4. The number of aliphatic hydroxyl groups excluding tert-OH is 5. The van der Waals surface area contributed by atoms with Crippen molar-refractivity contribution in [2.24, 2.45) is 0 Å². The summed E-state index contributed by atoms with van der Waals surface area (Å²) >= 11 is 0. The summed E-state index contributed by atoms with van der Waals surface area (Å²) in [4.78, 5) is 26.6. The van der Waals surface area contributed by atoms with Crippen LogP contribution in [-0.4, -0.2) is 99.6 Å². The van der Waals surface area contributed by atoms with Crippen molar-refractivity contribution in [2.75, 3.05) is 13.2 Å². The Labute approximate surface area is 494 Å². The zero-order chi connectivity index (χ0) is 58.9. The highest BCUT2D eigenvalue weighted by Crippen LogP contribution is 2.26. The first-order valence-electron chi connectivity index (χ1n) is 32.7. The van der Waals surface area contributed by atoms with Crippen molar-refractivity contribution < 1.29 is 49.3 Å². The Morgan fingerprint density at radius 1 is 0.494 bits per heavy atom. The fourth-order valence-electron chi connectivity index (χ4n) is 9.57. The summed E-state index contributed by atoms with van der Waals surface area (Å²) in [6.07, 6.45) is 67.0. The maximum Gasteiger partial charge on any atom is 0.306 e. The van der Waals surface area contributed by atoms with Gasteiger partial charge in [0.05, 0.1) is 25.4 Å². The lowest BCUT2D eigenvalue weighted by molar-refractivity contribution is -0.305. The van der Waals surface area contributed by atoms with E-state index in [1.165, 1.54) is 89.9 Å². The molecule has 1 aliphatic rings. The molecule has 8 atom stereocenters. The van der Waals surface area contributed by atoms with Crippen molar-refractivity contribution >= 4 is 11.9 Å². The number of unbranched alkanes of at least 4 members (excludes halogenated alkanes) is 24. The number of ether oxygens (including phenoxy) is 3. The summed E-state index contributed by atoms with van der Waals surface area (Å²) in [5.41, 5.74) is 0. The first-order valence-corrected chi connectivity index (χ1v) is 32.7. The highest BCUT2D eigenvalue weighted by molar-refractivity contribution is 5.80. The fourth-order valence-corrected chi connectivity index (χ4v) is 9.57. The topological polar surface area (TPSA) is 175 Å². The molecule has 1 heterocycles. The van der Waals surface area contributed by atoms with E-state index < -0.39 is 67.4 Å². The van der Waals surface area contributed by atoms with E-state index in [4.69, 9.17) is 14.2 Å². The molecule has 1 saturated heterocycles. The summed E-state index contributed by atoms with van der Waals surface area (Å²) in [6, 6.07) is -1.04. The van der Waals surface area contributed by atoms with E-state index in [1.54, 1.807) is 6.08 Å². The van der Waals surface area contributed by atoms with Crippen molar-refractivity contribution in [1.29, 1.82) is 0 Å². The van der Waals surface area contributed by atoms with Crippen LogP contribution in [0.2, 0.25) is 0 Å². The lowest BCUT2D eigenvalue weighted by atomic mass is 9.99. The Balaban J connectivity index is 2.61. The average Bonchev–Trinajstić information content (AvgIpc) is 3.48. The van der Waals surface area contributed by atoms with Gasteiger partial charge in [0.25, 0.3) is 0 Å². The molecular weight excluding hydrogens is 1010 g/mol. The third-order valence-electron chi connectivity index (χ3n) is 14.7. The van der Waals surface area contributed by atoms with E-state index in [0.29, 0.717) is 12.8 Å².